The lowest BCUT2D eigenvalue weighted by Crippen LogP contribution is -2.54. The maximum atomic E-state index is 11.3. The maximum absolute atomic E-state index is 11.3. The quantitative estimate of drug-likeness (QED) is 0.826. The minimum atomic E-state index is -0.523. The Morgan fingerprint density at radius 3 is 2.42 bits per heavy atom. The Kier molecular flexibility index (Phi) is 4.91. The first-order valence-electron chi connectivity index (χ1n) is 8.16. The van der Waals surface area contributed by atoms with Crippen molar-refractivity contribution in [3.8, 4) is 0 Å². The molecule has 3 heteroatoms. The van der Waals surface area contributed by atoms with E-state index in [0.717, 1.165) is 51.1 Å². The van der Waals surface area contributed by atoms with E-state index in [1.54, 1.807) is 0 Å². The standard InChI is InChI=1S/C16H32N2O/c1-3-14-5-8-15(13-17,9-6-14)16(19)7-4-11-18(2)12-10-16/h14,19H,3-13,17H2,1-2H3. The van der Waals surface area contributed by atoms with Crippen molar-refractivity contribution in [1.82, 2.24) is 4.90 Å². The monoisotopic (exact) mass is 268 g/mol. The molecule has 1 aliphatic heterocycles. The topological polar surface area (TPSA) is 49.5 Å². The Morgan fingerprint density at radius 1 is 1.16 bits per heavy atom. The third kappa shape index (κ3) is 2.98. The van der Waals surface area contributed by atoms with Gasteiger partial charge in [-0.3, -0.25) is 0 Å². The van der Waals surface area contributed by atoms with Gasteiger partial charge in [-0.1, -0.05) is 13.3 Å². The molecule has 1 heterocycles. The second kappa shape index (κ2) is 6.11. The molecule has 0 bridgehead atoms. The molecule has 3 N–H and O–H groups in total. The molecule has 1 aliphatic carbocycles. The summed E-state index contributed by atoms with van der Waals surface area (Å²) in [6.07, 6.45) is 8.98. The van der Waals surface area contributed by atoms with Gasteiger partial charge >= 0.3 is 0 Å². The Hall–Kier alpha value is -0.120. The van der Waals surface area contributed by atoms with Gasteiger partial charge in [0, 0.05) is 18.5 Å². The summed E-state index contributed by atoms with van der Waals surface area (Å²) in [5, 5.41) is 11.3. The minimum Gasteiger partial charge on any atom is -0.389 e. The van der Waals surface area contributed by atoms with E-state index in [1.807, 2.05) is 0 Å². The maximum Gasteiger partial charge on any atom is 0.0728 e. The van der Waals surface area contributed by atoms with Gasteiger partial charge in [0.15, 0.2) is 0 Å². The molecule has 3 nitrogen and oxygen atoms in total. The summed E-state index contributed by atoms with van der Waals surface area (Å²) < 4.78 is 0. The van der Waals surface area contributed by atoms with Crippen LogP contribution in [0.4, 0.5) is 0 Å². The van der Waals surface area contributed by atoms with E-state index < -0.39 is 5.60 Å². The summed E-state index contributed by atoms with van der Waals surface area (Å²) in [5.74, 6) is 0.858. The molecule has 0 aromatic heterocycles. The van der Waals surface area contributed by atoms with Crippen LogP contribution < -0.4 is 5.73 Å². The van der Waals surface area contributed by atoms with Gasteiger partial charge in [0.2, 0.25) is 0 Å². The summed E-state index contributed by atoms with van der Waals surface area (Å²) in [4.78, 5) is 2.35. The lowest BCUT2D eigenvalue weighted by molar-refractivity contribution is -0.113. The molecule has 1 unspecified atom stereocenters. The Balaban J connectivity index is 2.11. The summed E-state index contributed by atoms with van der Waals surface area (Å²) in [6.45, 7) is 5.06. The van der Waals surface area contributed by atoms with Gasteiger partial charge in [0.25, 0.3) is 0 Å². The first kappa shape index (κ1) is 15.3. The van der Waals surface area contributed by atoms with Gasteiger partial charge in [0.1, 0.15) is 0 Å². The van der Waals surface area contributed by atoms with Gasteiger partial charge in [-0.05, 0) is 64.5 Å². The Morgan fingerprint density at radius 2 is 1.84 bits per heavy atom. The van der Waals surface area contributed by atoms with Gasteiger partial charge in [0.05, 0.1) is 5.60 Å². The van der Waals surface area contributed by atoms with Crippen molar-refractivity contribution in [1.29, 1.82) is 0 Å². The smallest absolute Gasteiger partial charge is 0.0728 e. The molecule has 2 aliphatic rings. The van der Waals surface area contributed by atoms with E-state index in [0.29, 0.717) is 6.54 Å². The van der Waals surface area contributed by atoms with Gasteiger partial charge in [-0.15, -0.1) is 0 Å². The van der Waals surface area contributed by atoms with Crippen molar-refractivity contribution >= 4 is 0 Å². The molecule has 19 heavy (non-hydrogen) atoms. The van der Waals surface area contributed by atoms with Crippen molar-refractivity contribution in [2.45, 2.75) is 63.9 Å². The van der Waals surface area contributed by atoms with Crippen LogP contribution in [0, 0.1) is 11.3 Å². The lowest BCUT2D eigenvalue weighted by Gasteiger charge is -2.50. The predicted octanol–water partition coefficient (Wildman–Crippen LogP) is 2.38. The SMILES string of the molecule is CCC1CCC(CN)(C2(O)CCCN(C)CC2)CC1. The Labute approximate surface area is 118 Å². The van der Waals surface area contributed by atoms with Crippen LogP contribution in [0.1, 0.15) is 58.3 Å². The van der Waals surface area contributed by atoms with Crippen molar-refractivity contribution in [2.24, 2.45) is 17.1 Å². The lowest BCUT2D eigenvalue weighted by atomic mass is 9.59. The first-order valence-corrected chi connectivity index (χ1v) is 8.16. The molecule has 1 saturated carbocycles. The average Bonchev–Trinajstić information content (AvgIpc) is 2.62. The highest BCUT2D eigenvalue weighted by Gasteiger charge is 2.50. The molecule has 1 saturated heterocycles. The average molecular weight is 268 g/mol. The number of aliphatic hydroxyl groups is 1. The largest absolute Gasteiger partial charge is 0.389 e. The molecular formula is C16H32N2O. The summed E-state index contributed by atoms with van der Waals surface area (Å²) in [5.41, 5.74) is 5.62. The zero-order valence-corrected chi connectivity index (χ0v) is 12.8. The number of rotatable bonds is 3. The van der Waals surface area contributed by atoms with Gasteiger partial charge < -0.3 is 15.7 Å². The minimum absolute atomic E-state index is 0.0101. The van der Waals surface area contributed by atoms with E-state index in [9.17, 15) is 5.11 Å². The zero-order valence-electron chi connectivity index (χ0n) is 12.8. The van der Waals surface area contributed by atoms with E-state index in [2.05, 4.69) is 18.9 Å². The molecule has 0 radical (unpaired) electrons. The van der Waals surface area contributed by atoms with Gasteiger partial charge in [-0.2, -0.15) is 0 Å². The Bertz CT molecular complexity index is 286. The summed E-state index contributed by atoms with van der Waals surface area (Å²) >= 11 is 0. The number of nitrogens with two attached hydrogens (primary N) is 1. The van der Waals surface area contributed by atoms with E-state index in [-0.39, 0.29) is 5.41 Å². The highest BCUT2D eigenvalue weighted by Crippen LogP contribution is 2.50. The molecule has 1 atom stereocenters. The third-order valence-corrected chi connectivity index (χ3v) is 6.05. The fourth-order valence-corrected chi connectivity index (χ4v) is 4.28. The fourth-order valence-electron chi connectivity index (χ4n) is 4.28. The molecule has 0 aromatic rings. The second-order valence-electron chi connectivity index (χ2n) is 7.02. The molecule has 0 amide bonds. The predicted molar refractivity (Wildman–Crippen MR) is 80.0 cm³/mol. The van der Waals surface area contributed by atoms with Crippen LogP contribution >= 0.6 is 0 Å². The van der Waals surface area contributed by atoms with Crippen molar-refractivity contribution < 1.29 is 5.11 Å². The molecule has 2 rings (SSSR count). The van der Waals surface area contributed by atoms with Crippen molar-refractivity contribution in [3.05, 3.63) is 0 Å². The molecule has 0 spiro atoms. The van der Waals surface area contributed by atoms with Crippen LogP contribution in [-0.4, -0.2) is 42.3 Å². The van der Waals surface area contributed by atoms with E-state index in [4.69, 9.17) is 5.73 Å². The summed E-state index contributed by atoms with van der Waals surface area (Å²) in [6, 6.07) is 0. The third-order valence-electron chi connectivity index (χ3n) is 6.05. The highest BCUT2D eigenvalue weighted by molar-refractivity contribution is 5.03. The fraction of sp³-hybridized carbons (Fsp3) is 1.00. The second-order valence-corrected chi connectivity index (χ2v) is 7.02. The van der Waals surface area contributed by atoms with Gasteiger partial charge in [-0.25, -0.2) is 0 Å². The molecular weight excluding hydrogens is 236 g/mol. The highest BCUT2D eigenvalue weighted by atomic mass is 16.3. The van der Waals surface area contributed by atoms with Crippen LogP contribution in [0.3, 0.4) is 0 Å². The normalized spacial score (nSPS) is 42.0. The van der Waals surface area contributed by atoms with Crippen LogP contribution in [0.2, 0.25) is 0 Å². The van der Waals surface area contributed by atoms with Crippen LogP contribution in [0.25, 0.3) is 0 Å². The molecule has 112 valence electrons. The summed E-state index contributed by atoms with van der Waals surface area (Å²) in [7, 11) is 2.16. The number of hydrogen-bond donors (Lipinski definition) is 2. The number of hydrogen-bond acceptors (Lipinski definition) is 3. The number of nitrogens with zero attached hydrogens (tertiary/aromatic N) is 1. The number of likely N-dealkylation sites (tertiary alicyclic amines) is 1. The van der Waals surface area contributed by atoms with Crippen LogP contribution in [-0.2, 0) is 0 Å². The zero-order chi connectivity index (χ0) is 13.9. The van der Waals surface area contributed by atoms with E-state index in [1.165, 1.54) is 19.3 Å². The van der Waals surface area contributed by atoms with E-state index >= 15 is 0 Å². The van der Waals surface area contributed by atoms with Crippen molar-refractivity contribution in [2.75, 3.05) is 26.7 Å². The van der Waals surface area contributed by atoms with Crippen molar-refractivity contribution in [3.63, 3.8) is 0 Å². The van der Waals surface area contributed by atoms with Crippen LogP contribution in [0.5, 0.6) is 0 Å². The molecule has 2 fully saturated rings. The molecule has 0 aromatic carbocycles. The van der Waals surface area contributed by atoms with Crippen LogP contribution in [0.15, 0.2) is 0 Å². The first-order chi connectivity index (χ1) is 9.05.